The third-order valence-corrected chi connectivity index (χ3v) is 3.83. The van der Waals surface area contributed by atoms with Crippen molar-refractivity contribution < 1.29 is 9.90 Å². The van der Waals surface area contributed by atoms with E-state index in [2.05, 4.69) is 10.6 Å². The van der Waals surface area contributed by atoms with Crippen LogP contribution in [-0.2, 0) is 11.2 Å². The molecule has 3 N–H and O–H groups in total. The summed E-state index contributed by atoms with van der Waals surface area (Å²) in [6.45, 7) is 3.75. The second-order valence-corrected chi connectivity index (χ2v) is 5.28. The summed E-state index contributed by atoms with van der Waals surface area (Å²) in [5, 5.41) is 15.5. The van der Waals surface area contributed by atoms with Crippen LogP contribution in [-0.4, -0.2) is 36.8 Å². The lowest BCUT2D eigenvalue weighted by molar-refractivity contribution is -0.127. The van der Waals surface area contributed by atoms with E-state index in [1.54, 1.807) is 0 Å². The highest BCUT2D eigenvalue weighted by Crippen LogP contribution is 2.16. The van der Waals surface area contributed by atoms with Crippen molar-refractivity contribution in [1.82, 2.24) is 10.6 Å². The summed E-state index contributed by atoms with van der Waals surface area (Å²) in [6.07, 6.45) is 0.665. The number of aliphatic hydroxyl groups is 1. The Balaban J connectivity index is 1.86. The van der Waals surface area contributed by atoms with Crippen LogP contribution in [0.25, 0.3) is 0 Å². The molecule has 1 fully saturated rings. The molecule has 0 saturated carbocycles. The van der Waals surface area contributed by atoms with Crippen LogP contribution >= 0.6 is 0 Å². The molecule has 1 saturated heterocycles. The number of carbonyl (C=O) groups is 1. The standard InChI is InChI=1S/C15H22N2O2/c1-11(13-8-16-9-13)15(19)17-14(10-18)7-12-5-3-2-4-6-12/h2-6,11,13-14,16,18H,7-10H2,1H3,(H,17,19)/t11?,14-/m1/s1. The first kappa shape index (κ1) is 14.0. The van der Waals surface area contributed by atoms with Crippen molar-refractivity contribution in [1.29, 1.82) is 0 Å². The topological polar surface area (TPSA) is 61.4 Å². The van der Waals surface area contributed by atoms with Gasteiger partial charge in [-0.2, -0.15) is 0 Å². The largest absolute Gasteiger partial charge is 0.394 e. The monoisotopic (exact) mass is 262 g/mol. The van der Waals surface area contributed by atoms with Crippen LogP contribution < -0.4 is 10.6 Å². The Kier molecular flexibility index (Phi) is 4.93. The molecule has 2 rings (SSSR count). The van der Waals surface area contributed by atoms with Gasteiger partial charge in [-0.05, 0) is 31.0 Å². The van der Waals surface area contributed by atoms with Crippen LogP contribution in [0.1, 0.15) is 12.5 Å². The molecule has 1 aromatic carbocycles. The third kappa shape index (κ3) is 3.78. The molecule has 1 amide bonds. The Morgan fingerprint density at radius 2 is 2.11 bits per heavy atom. The number of hydrogen-bond donors (Lipinski definition) is 3. The summed E-state index contributed by atoms with van der Waals surface area (Å²) in [4.78, 5) is 12.1. The van der Waals surface area contributed by atoms with Crippen LogP contribution in [0.15, 0.2) is 30.3 Å². The minimum absolute atomic E-state index is 0.00562. The summed E-state index contributed by atoms with van der Waals surface area (Å²) in [7, 11) is 0. The lowest BCUT2D eigenvalue weighted by Gasteiger charge is -2.32. The van der Waals surface area contributed by atoms with E-state index >= 15 is 0 Å². The van der Waals surface area contributed by atoms with E-state index in [0.717, 1.165) is 18.7 Å². The highest BCUT2D eigenvalue weighted by molar-refractivity contribution is 5.79. The Hall–Kier alpha value is -1.39. The first-order valence-corrected chi connectivity index (χ1v) is 6.86. The summed E-state index contributed by atoms with van der Waals surface area (Å²) < 4.78 is 0. The van der Waals surface area contributed by atoms with E-state index in [1.165, 1.54) is 0 Å². The molecule has 19 heavy (non-hydrogen) atoms. The average Bonchev–Trinajstić information content (AvgIpc) is 2.37. The quantitative estimate of drug-likeness (QED) is 0.702. The van der Waals surface area contributed by atoms with Crippen LogP contribution in [0.3, 0.4) is 0 Å². The van der Waals surface area contributed by atoms with Gasteiger partial charge in [0.15, 0.2) is 0 Å². The van der Waals surface area contributed by atoms with Crippen molar-refractivity contribution in [3.63, 3.8) is 0 Å². The van der Waals surface area contributed by atoms with Gasteiger partial charge in [-0.25, -0.2) is 0 Å². The maximum atomic E-state index is 12.1. The summed E-state index contributed by atoms with van der Waals surface area (Å²) >= 11 is 0. The molecule has 1 heterocycles. The zero-order valence-corrected chi connectivity index (χ0v) is 11.3. The third-order valence-electron chi connectivity index (χ3n) is 3.83. The number of carbonyl (C=O) groups excluding carboxylic acids is 1. The zero-order chi connectivity index (χ0) is 13.7. The van der Waals surface area contributed by atoms with Crippen molar-refractivity contribution >= 4 is 5.91 Å². The minimum atomic E-state index is -0.203. The molecule has 0 aliphatic carbocycles. The van der Waals surface area contributed by atoms with E-state index in [-0.39, 0.29) is 24.5 Å². The molecule has 4 heteroatoms. The summed E-state index contributed by atoms with van der Waals surface area (Å²) in [5.41, 5.74) is 1.12. The Morgan fingerprint density at radius 3 is 2.63 bits per heavy atom. The molecule has 1 aliphatic heterocycles. The van der Waals surface area contributed by atoms with Gasteiger partial charge in [-0.15, -0.1) is 0 Å². The van der Waals surface area contributed by atoms with Gasteiger partial charge >= 0.3 is 0 Å². The molecule has 1 aromatic rings. The van der Waals surface area contributed by atoms with Gasteiger partial charge < -0.3 is 15.7 Å². The highest BCUT2D eigenvalue weighted by atomic mass is 16.3. The number of nitrogens with one attached hydrogen (secondary N) is 2. The van der Waals surface area contributed by atoms with E-state index in [9.17, 15) is 9.90 Å². The Labute approximate surface area is 114 Å². The molecule has 0 spiro atoms. The van der Waals surface area contributed by atoms with E-state index in [4.69, 9.17) is 0 Å². The van der Waals surface area contributed by atoms with Crippen molar-refractivity contribution in [2.75, 3.05) is 19.7 Å². The van der Waals surface area contributed by atoms with Gasteiger partial charge in [0.1, 0.15) is 0 Å². The smallest absolute Gasteiger partial charge is 0.223 e. The molecule has 0 aromatic heterocycles. The molecule has 0 bridgehead atoms. The van der Waals surface area contributed by atoms with Gasteiger partial charge in [0.25, 0.3) is 0 Å². The Morgan fingerprint density at radius 1 is 1.42 bits per heavy atom. The van der Waals surface area contributed by atoms with Crippen molar-refractivity contribution in [2.24, 2.45) is 11.8 Å². The van der Waals surface area contributed by atoms with Gasteiger partial charge in [0, 0.05) is 5.92 Å². The molecule has 1 aliphatic rings. The first-order valence-electron chi connectivity index (χ1n) is 6.86. The number of amides is 1. The van der Waals surface area contributed by atoms with Gasteiger partial charge in [-0.3, -0.25) is 4.79 Å². The molecule has 0 radical (unpaired) electrons. The second kappa shape index (κ2) is 6.68. The predicted molar refractivity (Wildman–Crippen MR) is 74.7 cm³/mol. The zero-order valence-electron chi connectivity index (χ0n) is 11.3. The van der Waals surface area contributed by atoms with Crippen molar-refractivity contribution in [3.8, 4) is 0 Å². The lowest BCUT2D eigenvalue weighted by Crippen LogP contribution is -2.51. The fourth-order valence-electron chi connectivity index (χ4n) is 2.27. The minimum Gasteiger partial charge on any atom is -0.394 e. The number of aliphatic hydroxyl groups excluding tert-OH is 1. The summed E-state index contributed by atoms with van der Waals surface area (Å²) in [5.74, 6) is 0.476. The predicted octanol–water partition coefficient (Wildman–Crippen LogP) is 0.562. The molecule has 2 atom stereocenters. The SMILES string of the molecule is CC(C(=O)N[C@@H](CO)Cc1ccccc1)C1CNC1. The van der Waals surface area contributed by atoms with Gasteiger partial charge in [0.05, 0.1) is 12.6 Å². The van der Waals surface area contributed by atoms with Gasteiger partial charge in [-0.1, -0.05) is 37.3 Å². The van der Waals surface area contributed by atoms with Crippen molar-refractivity contribution in [2.45, 2.75) is 19.4 Å². The molecular formula is C15H22N2O2. The number of benzene rings is 1. The average molecular weight is 262 g/mol. The van der Waals surface area contributed by atoms with Crippen LogP contribution in [0.5, 0.6) is 0 Å². The molecule has 104 valence electrons. The first-order chi connectivity index (χ1) is 9.20. The molecular weight excluding hydrogens is 240 g/mol. The molecule has 4 nitrogen and oxygen atoms in total. The maximum absolute atomic E-state index is 12.1. The Bertz CT molecular complexity index is 404. The summed E-state index contributed by atoms with van der Waals surface area (Å²) in [6, 6.07) is 9.71. The number of rotatable bonds is 6. The highest BCUT2D eigenvalue weighted by Gasteiger charge is 2.29. The van der Waals surface area contributed by atoms with Crippen LogP contribution in [0.4, 0.5) is 0 Å². The van der Waals surface area contributed by atoms with Crippen LogP contribution in [0.2, 0.25) is 0 Å². The lowest BCUT2D eigenvalue weighted by atomic mass is 9.88. The van der Waals surface area contributed by atoms with E-state index in [0.29, 0.717) is 12.3 Å². The van der Waals surface area contributed by atoms with Crippen LogP contribution in [0, 0.1) is 11.8 Å². The van der Waals surface area contributed by atoms with E-state index in [1.807, 2.05) is 37.3 Å². The fraction of sp³-hybridized carbons (Fsp3) is 0.533. The normalized spacial score (nSPS) is 18.4. The van der Waals surface area contributed by atoms with Gasteiger partial charge in [0.2, 0.25) is 5.91 Å². The maximum Gasteiger partial charge on any atom is 0.223 e. The van der Waals surface area contributed by atoms with E-state index < -0.39 is 0 Å². The second-order valence-electron chi connectivity index (χ2n) is 5.28. The fourth-order valence-corrected chi connectivity index (χ4v) is 2.27. The molecule has 1 unspecified atom stereocenters. The number of hydrogen-bond acceptors (Lipinski definition) is 3. The van der Waals surface area contributed by atoms with Crippen molar-refractivity contribution in [3.05, 3.63) is 35.9 Å².